The average Bonchev–Trinajstić information content (AvgIpc) is 3.25. The molecule has 12 nitrogen and oxygen atoms in total. The normalized spacial score (nSPS) is 18.5. The Balaban J connectivity index is 1.82. The molecule has 3 N–H and O–H groups in total. The topological polar surface area (TPSA) is 167 Å². The molecule has 1 aromatic heterocycles. The lowest BCUT2D eigenvalue weighted by atomic mass is 9.97. The zero-order chi connectivity index (χ0) is 24.9. The Kier molecular flexibility index (Phi) is 7.98. The maximum absolute atomic E-state index is 12.9. The molecule has 0 radical (unpaired) electrons. The van der Waals surface area contributed by atoms with Crippen molar-refractivity contribution < 1.29 is 32.2 Å². The molecule has 2 aromatic rings. The molecule has 1 fully saturated rings. The Bertz CT molecular complexity index is 1250. The summed E-state index contributed by atoms with van der Waals surface area (Å²) in [7, 11) is -3.68. The van der Waals surface area contributed by atoms with Crippen LogP contribution in [-0.4, -0.2) is 70.8 Å². The number of β-lactam (4-membered cyclic amide) rings is 1. The van der Waals surface area contributed by atoms with Gasteiger partial charge in [-0.05, 0) is 5.56 Å². The molecule has 0 spiro atoms. The molecular weight excluding hydrogens is 510 g/mol. The van der Waals surface area contributed by atoms with Gasteiger partial charge in [-0.25, -0.2) is 9.29 Å². The first-order chi connectivity index (χ1) is 16.2. The predicted octanol–water partition coefficient (Wildman–Crippen LogP) is 0.883. The number of hydrogen-bond donors (Lipinski definition) is 3. The zero-order valence-electron chi connectivity index (χ0n) is 17.4. The summed E-state index contributed by atoms with van der Waals surface area (Å²) >= 11 is 6.44. The first-order valence-electron chi connectivity index (χ1n) is 9.43. The lowest BCUT2D eigenvalue weighted by Gasteiger charge is -2.42. The molecule has 1 saturated heterocycles. The van der Waals surface area contributed by atoms with Crippen molar-refractivity contribution in [3.8, 4) is 0 Å². The number of thiazole rings is 1. The lowest BCUT2D eigenvalue weighted by molar-refractivity contribution is -0.142. The molecule has 15 heteroatoms. The Morgan fingerprint density at radius 3 is 2.68 bits per heavy atom. The molecule has 1 aliphatic rings. The summed E-state index contributed by atoms with van der Waals surface area (Å²) in [5.41, 5.74) is 0.413. The molecule has 3 rings (SSSR count). The summed E-state index contributed by atoms with van der Waals surface area (Å²) in [5, 5.41) is 10.0. The van der Waals surface area contributed by atoms with Crippen molar-refractivity contribution in [3.05, 3.63) is 53.0 Å². The maximum atomic E-state index is 12.9. The van der Waals surface area contributed by atoms with E-state index in [4.69, 9.17) is 16.4 Å². The number of amides is 3. The highest BCUT2D eigenvalue weighted by Crippen LogP contribution is 2.26. The van der Waals surface area contributed by atoms with Crippen molar-refractivity contribution in [2.75, 3.05) is 18.3 Å². The number of nitrogens with zero attached hydrogens (tertiary/aromatic N) is 3. The quantitative estimate of drug-likeness (QED) is 0.142. The summed E-state index contributed by atoms with van der Waals surface area (Å²) in [6.45, 7) is 0. The van der Waals surface area contributed by atoms with Crippen LogP contribution in [-0.2, 0) is 29.5 Å². The molecule has 0 bridgehead atoms. The van der Waals surface area contributed by atoms with Crippen molar-refractivity contribution >= 4 is 67.9 Å². The number of aromatic nitrogens is 1. The molecule has 1 aliphatic heterocycles. The van der Waals surface area contributed by atoms with E-state index in [0.29, 0.717) is 5.56 Å². The summed E-state index contributed by atoms with van der Waals surface area (Å²) in [5.74, 6) is -2.73. The molecule has 0 unspecified atom stereocenters. The Hall–Kier alpha value is -3.33. The molecule has 34 heavy (non-hydrogen) atoms. The van der Waals surface area contributed by atoms with Gasteiger partial charge >= 0.3 is 10.3 Å². The SMILES string of the molecule is CO/N=C(\C(=O)N[C@H]1C(=O)N(S(=O)(=O)O)[C@H]1/C=C/c1ccccc1)c1csc(NC(=O)CCl)n1. The third-order valence-corrected chi connectivity index (χ3v) is 6.35. The number of carbonyl (C=O) groups is 3. The van der Waals surface area contributed by atoms with E-state index < -0.39 is 40.1 Å². The third-order valence-electron chi connectivity index (χ3n) is 4.43. The lowest BCUT2D eigenvalue weighted by Crippen LogP contribution is -2.71. The largest absolute Gasteiger partial charge is 0.398 e. The fourth-order valence-corrected chi connectivity index (χ4v) is 4.58. The van der Waals surface area contributed by atoms with Crippen LogP contribution in [0.25, 0.3) is 6.08 Å². The van der Waals surface area contributed by atoms with E-state index in [0.717, 1.165) is 11.3 Å². The van der Waals surface area contributed by atoms with Crippen molar-refractivity contribution in [2.24, 2.45) is 5.16 Å². The summed E-state index contributed by atoms with van der Waals surface area (Å²) in [4.78, 5) is 45.5. The average molecular weight is 528 g/mol. The Labute approximate surface area is 203 Å². The van der Waals surface area contributed by atoms with Gasteiger partial charge in [-0.3, -0.25) is 18.9 Å². The number of nitrogens with one attached hydrogen (secondary N) is 2. The van der Waals surface area contributed by atoms with E-state index in [1.165, 1.54) is 18.6 Å². The highest BCUT2D eigenvalue weighted by molar-refractivity contribution is 7.84. The van der Waals surface area contributed by atoms with Gasteiger partial charge in [0.05, 0.1) is 6.04 Å². The Morgan fingerprint density at radius 1 is 1.35 bits per heavy atom. The second kappa shape index (κ2) is 10.7. The van der Waals surface area contributed by atoms with Crippen LogP contribution in [0.5, 0.6) is 0 Å². The van der Waals surface area contributed by atoms with Crippen LogP contribution in [0, 0.1) is 0 Å². The molecule has 3 amide bonds. The van der Waals surface area contributed by atoms with Crippen LogP contribution in [0.15, 0.2) is 46.9 Å². The van der Waals surface area contributed by atoms with Crippen molar-refractivity contribution in [2.45, 2.75) is 12.1 Å². The number of hydrogen-bond acceptors (Lipinski definition) is 9. The number of oxime groups is 1. The van der Waals surface area contributed by atoms with Crippen LogP contribution >= 0.6 is 22.9 Å². The Morgan fingerprint density at radius 2 is 2.06 bits per heavy atom. The van der Waals surface area contributed by atoms with E-state index in [2.05, 4.69) is 20.8 Å². The fraction of sp³-hybridized carbons (Fsp3) is 0.211. The predicted molar refractivity (Wildman–Crippen MR) is 125 cm³/mol. The van der Waals surface area contributed by atoms with Gasteiger partial charge in [0.2, 0.25) is 5.91 Å². The first-order valence-corrected chi connectivity index (χ1v) is 12.2. The van der Waals surface area contributed by atoms with E-state index in [-0.39, 0.29) is 26.7 Å². The number of alkyl halides is 1. The molecule has 1 aromatic carbocycles. The van der Waals surface area contributed by atoms with Gasteiger partial charge in [0.15, 0.2) is 10.8 Å². The standard InChI is InChI=1S/C19H18ClN5O7S2/c1-32-24-15(12-10-33-19(21-12)22-14(26)9-20)17(27)23-16-13(25(18(16)28)34(29,30)31)8-7-11-5-3-2-4-6-11/h2-8,10,13,16H,9H2,1H3,(H,23,27)(H,21,22,26)(H,29,30,31)/b8-7+,24-15-/t13-,16+/m0/s1. The fourth-order valence-electron chi connectivity index (χ4n) is 2.96. The molecule has 2 atom stereocenters. The van der Waals surface area contributed by atoms with Gasteiger partial charge in [0, 0.05) is 5.38 Å². The molecule has 180 valence electrons. The second-order valence-electron chi connectivity index (χ2n) is 6.67. The highest BCUT2D eigenvalue weighted by Gasteiger charge is 2.53. The zero-order valence-corrected chi connectivity index (χ0v) is 19.8. The van der Waals surface area contributed by atoms with Crippen molar-refractivity contribution in [1.29, 1.82) is 0 Å². The summed E-state index contributed by atoms with van der Waals surface area (Å²) in [6.07, 6.45) is 2.91. The number of benzene rings is 1. The minimum Gasteiger partial charge on any atom is -0.398 e. The van der Waals surface area contributed by atoms with Crippen LogP contribution < -0.4 is 10.6 Å². The number of halogens is 1. The van der Waals surface area contributed by atoms with Gasteiger partial charge in [-0.1, -0.05) is 47.6 Å². The van der Waals surface area contributed by atoms with E-state index in [9.17, 15) is 27.4 Å². The first kappa shape index (κ1) is 25.3. The van der Waals surface area contributed by atoms with Gasteiger partial charge < -0.3 is 15.5 Å². The van der Waals surface area contributed by atoms with Crippen LogP contribution in [0.4, 0.5) is 5.13 Å². The minimum atomic E-state index is -4.87. The van der Waals surface area contributed by atoms with Crippen molar-refractivity contribution in [3.63, 3.8) is 0 Å². The third kappa shape index (κ3) is 5.77. The van der Waals surface area contributed by atoms with E-state index in [1.54, 1.807) is 36.4 Å². The minimum absolute atomic E-state index is 0.0315. The highest BCUT2D eigenvalue weighted by atomic mass is 35.5. The molecule has 2 heterocycles. The number of carbonyl (C=O) groups excluding carboxylic acids is 3. The van der Waals surface area contributed by atoms with Gasteiger partial charge in [-0.15, -0.1) is 22.9 Å². The molecule has 0 saturated carbocycles. The number of rotatable bonds is 9. The smallest absolute Gasteiger partial charge is 0.362 e. The van der Waals surface area contributed by atoms with E-state index in [1.807, 2.05) is 0 Å². The second-order valence-corrected chi connectivity index (χ2v) is 9.08. The summed E-state index contributed by atoms with van der Waals surface area (Å²) in [6, 6.07) is 6.30. The van der Waals surface area contributed by atoms with Crippen LogP contribution in [0.3, 0.4) is 0 Å². The monoisotopic (exact) mass is 527 g/mol. The summed E-state index contributed by atoms with van der Waals surface area (Å²) < 4.78 is 33.0. The van der Waals surface area contributed by atoms with Gasteiger partial charge in [-0.2, -0.15) is 8.42 Å². The van der Waals surface area contributed by atoms with Crippen LogP contribution in [0.2, 0.25) is 0 Å². The molecular formula is C19H18ClN5O7S2. The van der Waals surface area contributed by atoms with Gasteiger partial charge in [0.1, 0.15) is 24.7 Å². The van der Waals surface area contributed by atoms with Gasteiger partial charge in [0.25, 0.3) is 11.8 Å². The number of anilines is 1. The van der Waals surface area contributed by atoms with Crippen LogP contribution in [0.1, 0.15) is 11.3 Å². The van der Waals surface area contributed by atoms with E-state index >= 15 is 0 Å². The maximum Gasteiger partial charge on any atom is 0.362 e. The van der Waals surface area contributed by atoms with Crippen molar-refractivity contribution in [1.82, 2.24) is 14.6 Å². The molecule has 0 aliphatic carbocycles.